The first-order chi connectivity index (χ1) is 6.63. The van der Waals surface area contributed by atoms with Gasteiger partial charge in [0.2, 0.25) is 5.91 Å². The number of amides is 1. The van der Waals surface area contributed by atoms with E-state index in [4.69, 9.17) is 0 Å². The summed E-state index contributed by atoms with van der Waals surface area (Å²) < 4.78 is 0. The van der Waals surface area contributed by atoms with Gasteiger partial charge in [-0.25, -0.2) is 4.98 Å². The van der Waals surface area contributed by atoms with Crippen LogP contribution in [-0.2, 0) is 4.79 Å². The highest BCUT2D eigenvalue weighted by molar-refractivity contribution is 5.83. The van der Waals surface area contributed by atoms with E-state index in [0.717, 1.165) is 5.69 Å². The van der Waals surface area contributed by atoms with Crippen LogP contribution < -0.4 is 10.6 Å². The molecule has 0 aliphatic rings. The Balaban J connectivity index is 2.64. The number of carbonyl (C=O) groups is 1. The van der Waals surface area contributed by atoms with Crippen LogP contribution in [0.1, 0.15) is 12.6 Å². The van der Waals surface area contributed by atoms with E-state index in [0.29, 0.717) is 5.82 Å². The van der Waals surface area contributed by atoms with Crippen LogP contribution in [0.3, 0.4) is 0 Å². The predicted molar refractivity (Wildman–Crippen MR) is 53.9 cm³/mol. The number of aromatic nitrogens is 2. The Labute approximate surface area is 83.0 Å². The number of rotatable bonds is 3. The molecule has 2 N–H and O–H groups in total. The minimum atomic E-state index is -0.309. The predicted octanol–water partition coefficient (Wildman–Crippen LogP) is 0.331. The molecule has 0 fully saturated rings. The van der Waals surface area contributed by atoms with Crippen molar-refractivity contribution in [2.75, 3.05) is 12.4 Å². The maximum Gasteiger partial charge on any atom is 0.241 e. The van der Waals surface area contributed by atoms with Crippen molar-refractivity contribution >= 4 is 11.7 Å². The summed E-state index contributed by atoms with van der Waals surface area (Å²) in [6, 6.07) is -0.309. The molecule has 14 heavy (non-hydrogen) atoms. The maximum atomic E-state index is 11.2. The molecule has 1 heterocycles. The van der Waals surface area contributed by atoms with E-state index in [1.54, 1.807) is 26.4 Å². The number of carbonyl (C=O) groups excluding carboxylic acids is 1. The third-order valence-electron chi connectivity index (χ3n) is 1.76. The second kappa shape index (κ2) is 4.55. The van der Waals surface area contributed by atoms with Crippen LogP contribution in [-0.4, -0.2) is 29.0 Å². The van der Waals surface area contributed by atoms with Gasteiger partial charge in [-0.05, 0) is 13.8 Å². The molecule has 1 amide bonds. The zero-order chi connectivity index (χ0) is 10.6. The Morgan fingerprint density at radius 3 is 2.79 bits per heavy atom. The summed E-state index contributed by atoms with van der Waals surface area (Å²) >= 11 is 0. The molecule has 0 radical (unpaired) electrons. The smallest absolute Gasteiger partial charge is 0.241 e. The van der Waals surface area contributed by atoms with Gasteiger partial charge in [-0.1, -0.05) is 0 Å². The molecule has 5 nitrogen and oxygen atoms in total. The van der Waals surface area contributed by atoms with Crippen LogP contribution in [0.2, 0.25) is 0 Å². The highest BCUT2D eigenvalue weighted by Crippen LogP contribution is 2.02. The SMILES string of the molecule is CNC(=O)[C@H](C)Nc1cncc(C)n1. The number of nitrogens with one attached hydrogen (secondary N) is 2. The van der Waals surface area contributed by atoms with Gasteiger partial charge in [0.1, 0.15) is 11.9 Å². The van der Waals surface area contributed by atoms with Crippen LogP contribution in [0.15, 0.2) is 12.4 Å². The third kappa shape index (κ3) is 2.69. The minimum Gasteiger partial charge on any atom is -0.357 e. The minimum absolute atomic E-state index is 0.0756. The van der Waals surface area contributed by atoms with Crippen LogP contribution in [0, 0.1) is 6.92 Å². The lowest BCUT2D eigenvalue weighted by molar-refractivity contribution is -0.121. The second-order valence-electron chi connectivity index (χ2n) is 3.03. The Hall–Kier alpha value is -1.65. The van der Waals surface area contributed by atoms with Crippen LogP contribution >= 0.6 is 0 Å². The number of likely N-dealkylation sites (N-methyl/N-ethyl adjacent to an activating group) is 1. The van der Waals surface area contributed by atoms with Crippen molar-refractivity contribution in [3.63, 3.8) is 0 Å². The van der Waals surface area contributed by atoms with Crippen LogP contribution in [0.5, 0.6) is 0 Å². The highest BCUT2D eigenvalue weighted by atomic mass is 16.2. The van der Waals surface area contributed by atoms with E-state index in [9.17, 15) is 4.79 Å². The van der Waals surface area contributed by atoms with Gasteiger partial charge < -0.3 is 10.6 Å². The number of anilines is 1. The molecule has 0 spiro atoms. The molecule has 1 aromatic rings. The lowest BCUT2D eigenvalue weighted by atomic mass is 10.3. The Morgan fingerprint density at radius 2 is 2.21 bits per heavy atom. The fraction of sp³-hybridized carbons (Fsp3) is 0.444. The van der Waals surface area contributed by atoms with E-state index < -0.39 is 0 Å². The van der Waals surface area contributed by atoms with Crippen molar-refractivity contribution in [3.05, 3.63) is 18.1 Å². The van der Waals surface area contributed by atoms with Gasteiger partial charge in [-0.2, -0.15) is 0 Å². The van der Waals surface area contributed by atoms with E-state index in [1.807, 2.05) is 6.92 Å². The molecular weight excluding hydrogens is 180 g/mol. The third-order valence-corrected chi connectivity index (χ3v) is 1.76. The summed E-state index contributed by atoms with van der Waals surface area (Å²) in [7, 11) is 1.60. The van der Waals surface area contributed by atoms with Gasteiger partial charge in [0.05, 0.1) is 11.9 Å². The van der Waals surface area contributed by atoms with Gasteiger partial charge in [-0.15, -0.1) is 0 Å². The zero-order valence-corrected chi connectivity index (χ0v) is 8.53. The monoisotopic (exact) mass is 194 g/mol. The summed E-state index contributed by atoms with van der Waals surface area (Å²) in [5.74, 6) is 0.536. The van der Waals surface area contributed by atoms with Gasteiger partial charge in [0.15, 0.2) is 0 Å². The van der Waals surface area contributed by atoms with Gasteiger partial charge in [-0.3, -0.25) is 9.78 Å². The largest absolute Gasteiger partial charge is 0.357 e. The first kappa shape index (κ1) is 10.4. The number of nitrogens with zero attached hydrogens (tertiary/aromatic N) is 2. The summed E-state index contributed by atoms with van der Waals surface area (Å²) in [6.45, 7) is 3.62. The van der Waals surface area contributed by atoms with E-state index in [2.05, 4.69) is 20.6 Å². The zero-order valence-electron chi connectivity index (χ0n) is 8.53. The Morgan fingerprint density at radius 1 is 1.50 bits per heavy atom. The van der Waals surface area contributed by atoms with E-state index in [1.165, 1.54) is 0 Å². The molecule has 0 unspecified atom stereocenters. The van der Waals surface area contributed by atoms with Crippen molar-refractivity contribution in [2.24, 2.45) is 0 Å². The average Bonchev–Trinajstić information content (AvgIpc) is 2.16. The molecule has 1 atom stereocenters. The molecular formula is C9H14N4O. The van der Waals surface area contributed by atoms with Crippen molar-refractivity contribution in [3.8, 4) is 0 Å². The first-order valence-corrected chi connectivity index (χ1v) is 4.40. The molecule has 1 aromatic heterocycles. The topological polar surface area (TPSA) is 66.9 Å². The average molecular weight is 194 g/mol. The van der Waals surface area contributed by atoms with Crippen molar-refractivity contribution in [1.29, 1.82) is 0 Å². The Bertz CT molecular complexity index is 326. The summed E-state index contributed by atoms with van der Waals surface area (Å²) in [5, 5.41) is 5.50. The van der Waals surface area contributed by atoms with Gasteiger partial charge in [0, 0.05) is 13.2 Å². The molecule has 0 bridgehead atoms. The Kier molecular flexibility index (Phi) is 3.39. The molecule has 0 aromatic carbocycles. The lowest BCUT2D eigenvalue weighted by Gasteiger charge is -2.12. The summed E-state index contributed by atoms with van der Waals surface area (Å²) in [4.78, 5) is 19.3. The molecule has 1 rings (SSSR count). The van der Waals surface area contributed by atoms with E-state index in [-0.39, 0.29) is 11.9 Å². The molecule has 0 aliphatic heterocycles. The number of hydrogen-bond acceptors (Lipinski definition) is 4. The molecule has 76 valence electrons. The summed E-state index contributed by atoms with van der Waals surface area (Å²) in [6.07, 6.45) is 3.25. The first-order valence-electron chi connectivity index (χ1n) is 4.40. The molecule has 0 saturated heterocycles. The lowest BCUT2D eigenvalue weighted by Crippen LogP contribution is -2.35. The number of hydrogen-bond donors (Lipinski definition) is 2. The number of aryl methyl sites for hydroxylation is 1. The summed E-state index contributed by atoms with van der Waals surface area (Å²) in [5.41, 5.74) is 0.819. The maximum absolute atomic E-state index is 11.2. The second-order valence-corrected chi connectivity index (χ2v) is 3.03. The quantitative estimate of drug-likeness (QED) is 0.727. The molecule has 0 saturated carbocycles. The molecule has 0 aliphatic carbocycles. The van der Waals surface area contributed by atoms with Crippen molar-refractivity contribution < 1.29 is 4.79 Å². The highest BCUT2D eigenvalue weighted by Gasteiger charge is 2.10. The van der Waals surface area contributed by atoms with Crippen LogP contribution in [0.25, 0.3) is 0 Å². The standard InChI is InChI=1S/C9H14N4O/c1-6-4-11-5-8(12-6)13-7(2)9(14)10-3/h4-5,7H,1-3H3,(H,10,14)(H,12,13)/t7-/m0/s1. The normalized spacial score (nSPS) is 11.9. The van der Waals surface area contributed by atoms with E-state index >= 15 is 0 Å². The van der Waals surface area contributed by atoms with Gasteiger partial charge >= 0.3 is 0 Å². The van der Waals surface area contributed by atoms with Gasteiger partial charge in [0.25, 0.3) is 0 Å². The molecule has 5 heteroatoms. The van der Waals surface area contributed by atoms with Crippen molar-refractivity contribution in [1.82, 2.24) is 15.3 Å². The van der Waals surface area contributed by atoms with Crippen LogP contribution in [0.4, 0.5) is 5.82 Å². The fourth-order valence-corrected chi connectivity index (χ4v) is 1.04. The fourth-order valence-electron chi connectivity index (χ4n) is 1.04. The van der Waals surface area contributed by atoms with Crippen molar-refractivity contribution in [2.45, 2.75) is 19.9 Å².